The minimum Gasteiger partial charge on any atom is -0.497 e. The van der Waals surface area contributed by atoms with Crippen molar-refractivity contribution in [1.29, 1.82) is 0 Å². The van der Waals surface area contributed by atoms with Gasteiger partial charge in [0.1, 0.15) is 24.6 Å². The standard InChI is InChI=1S/C33H38N2O8/c1-18(36)42-17-19-5-7-20(8-6-19)32(37)43-28-13-21-16-35-12-11-24-23-10-9-22(39-2)14-26(23)34-30(24)27(35)15-25(21)29(31(28)40-3)33(38)41-4/h5-10,14,21,25,27-29,31,34H,11-13,15-17H2,1-4H3/t21-,25+,27-,28-,29+,31+/m1/s1. The highest BCUT2D eigenvalue weighted by Gasteiger charge is 2.54. The van der Waals surface area contributed by atoms with Crippen molar-refractivity contribution in [2.24, 2.45) is 17.8 Å². The van der Waals surface area contributed by atoms with E-state index < -0.39 is 24.1 Å². The molecule has 1 aliphatic carbocycles. The van der Waals surface area contributed by atoms with Crippen LogP contribution in [0.3, 0.4) is 0 Å². The van der Waals surface area contributed by atoms with Gasteiger partial charge in [-0.1, -0.05) is 12.1 Å². The summed E-state index contributed by atoms with van der Waals surface area (Å²) >= 11 is 0. The third-order valence-corrected chi connectivity index (χ3v) is 9.49. The molecule has 1 N–H and O–H groups in total. The van der Waals surface area contributed by atoms with Crippen LogP contribution in [-0.2, 0) is 41.6 Å². The lowest BCUT2D eigenvalue weighted by molar-refractivity contribution is -0.176. The summed E-state index contributed by atoms with van der Waals surface area (Å²) < 4.78 is 27.8. The van der Waals surface area contributed by atoms with Gasteiger partial charge in [-0.2, -0.15) is 0 Å². The van der Waals surface area contributed by atoms with Gasteiger partial charge in [0.2, 0.25) is 0 Å². The monoisotopic (exact) mass is 590 g/mol. The van der Waals surface area contributed by atoms with Gasteiger partial charge < -0.3 is 28.7 Å². The summed E-state index contributed by atoms with van der Waals surface area (Å²) in [5.41, 5.74) is 4.74. The number of hydrogen-bond acceptors (Lipinski definition) is 9. The zero-order valence-corrected chi connectivity index (χ0v) is 25.0. The Morgan fingerprint density at radius 2 is 1.81 bits per heavy atom. The number of nitrogens with one attached hydrogen (secondary N) is 1. The number of aromatic nitrogens is 1. The first-order valence-corrected chi connectivity index (χ1v) is 14.8. The van der Waals surface area contributed by atoms with E-state index in [1.54, 1.807) is 38.5 Å². The molecule has 2 aliphatic heterocycles. The van der Waals surface area contributed by atoms with Gasteiger partial charge in [-0.25, -0.2) is 4.79 Å². The van der Waals surface area contributed by atoms with Gasteiger partial charge >= 0.3 is 17.9 Å². The molecule has 1 aromatic heterocycles. The molecular weight excluding hydrogens is 552 g/mol. The van der Waals surface area contributed by atoms with Crippen LogP contribution in [0.25, 0.3) is 10.9 Å². The number of fused-ring (bicyclic) bond motifs is 6. The van der Waals surface area contributed by atoms with Gasteiger partial charge in [0, 0.05) is 49.8 Å². The van der Waals surface area contributed by atoms with Gasteiger partial charge in [-0.05, 0) is 66.5 Å². The molecule has 2 fully saturated rings. The predicted octanol–water partition coefficient (Wildman–Crippen LogP) is 4.21. The Hall–Kier alpha value is -3.89. The quantitative estimate of drug-likeness (QED) is 0.319. The van der Waals surface area contributed by atoms with Crippen molar-refractivity contribution in [3.8, 4) is 5.75 Å². The number of aromatic amines is 1. The molecule has 3 heterocycles. The van der Waals surface area contributed by atoms with Gasteiger partial charge in [-0.3, -0.25) is 14.5 Å². The van der Waals surface area contributed by atoms with Crippen molar-refractivity contribution < 1.29 is 38.1 Å². The molecule has 2 aromatic carbocycles. The molecule has 3 aromatic rings. The van der Waals surface area contributed by atoms with Crippen molar-refractivity contribution in [3.63, 3.8) is 0 Å². The first-order valence-electron chi connectivity index (χ1n) is 14.8. The number of methoxy groups -OCH3 is 3. The van der Waals surface area contributed by atoms with Crippen molar-refractivity contribution >= 4 is 28.8 Å². The fourth-order valence-corrected chi connectivity index (χ4v) is 7.49. The lowest BCUT2D eigenvalue weighted by Crippen LogP contribution is -2.58. The van der Waals surface area contributed by atoms with Crippen molar-refractivity contribution in [1.82, 2.24) is 9.88 Å². The van der Waals surface area contributed by atoms with Crippen LogP contribution in [0.2, 0.25) is 0 Å². The van der Waals surface area contributed by atoms with Gasteiger partial charge in [0.05, 0.1) is 31.7 Å². The van der Waals surface area contributed by atoms with E-state index >= 15 is 0 Å². The normalized spacial score (nSPS) is 26.5. The molecule has 10 heteroatoms. The number of hydrogen-bond donors (Lipinski definition) is 1. The molecule has 0 spiro atoms. The van der Waals surface area contributed by atoms with Crippen LogP contribution >= 0.6 is 0 Å². The Morgan fingerprint density at radius 3 is 2.51 bits per heavy atom. The SMILES string of the molecule is COC(=O)[C@H]1[C@H]2C[C@@H]3c4[nH]c5cc(OC)ccc5c4CCN3C[C@H]2C[C@@H](OC(=O)c2ccc(COC(C)=O)cc2)[C@@H]1OC. The molecule has 43 heavy (non-hydrogen) atoms. The minimum atomic E-state index is -0.637. The van der Waals surface area contributed by atoms with Crippen molar-refractivity contribution in [3.05, 3.63) is 64.8 Å². The van der Waals surface area contributed by atoms with E-state index in [1.165, 1.54) is 30.7 Å². The van der Waals surface area contributed by atoms with Crippen molar-refractivity contribution in [2.75, 3.05) is 34.4 Å². The number of H-pyrrole nitrogens is 1. The number of benzene rings is 2. The first-order chi connectivity index (χ1) is 20.8. The summed E-state index contributed by atoms with van der Waals surface area (Å²) in [5.74, 6) is -0.837. The zero-order chi connectivity index (χ0) is 30.2. The van der Waals surface area contributed by atoms with Gasteiger partial charge in [0.15, 0.2) is 0 Å². The van der Waals surface area contributed by atoms with Crippen LogP contribution in [0.1, 0.15) is 53.0 Å². The van der Waals surface area contributed by atoms with E-state index in [2.05, 4.69) is 16.0 Å². The summed E-state index contributed by atoms with van der Waals surface area (Å²) in [7, 11) is 4.63. The Morgan fingerprint density at radius 1 is 1.02 bits per heavy atom. The Balaban J connectivity index is 1.24. The summed E-state index contributed by atoms with van der Waals surface area (Å²) in [5, 5.41) is 1.21. The number of esters is 3. The number of carbonyl (C=O) groups is 3. The zero-order valence-electron chi connectivity index (χ0n) is 25.0. The number of ether oxygens (including phenoxy) is 5. The molecule has 0 radical (unpaired) electrons. The maximum atomic E-state index is 13.3. The molecule has 1 saturated heterocycles. The average molecular weight is 591 g/mol. The molecule has 6 atom stereocenters. The summed E-state index contributed by atoms with van der Waals surface area (Å²) in [6.07, 6.45) is 1.05. The molecule has 0 bridgehead atoms. The van der Waals surface area contributed by atoms with Gasteiger partial charge in [0.25, 0.3) is 0 Å². The maximum absolute atomic E-state index is 13.3. The maximum Gasteiger partial charge on any atom is 0.338 e. The van der Waals surface area contributed by atoms with Crippen LogP contribution in [0.15, 0.2) is 42.5 Å². The number of carbonyl (C=O) groups excluding carboxylic acids is 3. The van der Waals surface area contributed by atoms with Crippen LogP contribution in [0, 0.1) is 17.8 Å². The average Bonchev–Trinajstić information content (AvgIpc) is 3.40. The molecule has 1 saturated carbocycles. The topological polar surface area (TPSA) is 116 Å². The summed E-state index contributed by atoms with van der Waals surface area (Å²) in [6, 6.07) is 13.1. The number of rotatable bonds is 7. The second-order valence-corrected chi connectivity index (χ2v) is 11.8. The van der Waals surface area contributed by atoms with E-state index in [0.29, 0.717) is 12.0 Å². The van der Waals surface area contributed by atoms with E-state index in [9.17, 15) is 14.4 Å². The van der Waals surface area contributed by atoms with Crippen molar-refractivity contribution in [2.45, 2.75) is 51.0 Å². The Kier molecular flexibility index (Phi) is 8.15. The highest BCUT2D eigenvalue weighted by atomic mass is 16.6. The third-order valence-electron chi connectivity index (χ3n) is 9.49. The second kappa shape index (κ2) is 12.0. The summed E-state index contributed by atoms with van der Waals surface area (Å²) in [6.45, 7) is 3.19. The molecule has 10 nitrogen and oxygen atoms in total. The number of nitrogens with zero attached hydrogens (tertiary/aromatic N) is 1. The number of piperidine rings is 1. The Bertz CT molecular complexity index is 1520. The van der Waals surface area contributed by atoms with Crippen LogP contribution in [0.4, 0.5) is 0 Å². The highest BCUT2D eigenvalue weighted by molar-refractivity contribution is 5.89. The molecule has 228 valence electrons. The Labute approximate surface area is 250 Å². The van der Waals surface area contributed by atoms with E-state index in [4.69, 9.17) is 23.7 Å². The molecular formula is C33H38N2O8. The highest BCUT2D eigenvalue weighted by Crippen LogP contribution is 2.50. The summed E-state index contributed by atoms with van der Waals surface area (Å²) in [4.78, 5) is 43.9. The van der Waals surface area contributed by atoms with Crippen LogP contribution in [-0.4, -0.2) is 74.4 Å². The lowest BCUT2D eigenvalue weighted by atomic mass is 9.63. The largest absolute Gasteiger partial charge is 0.497 e. The molecule has 3 aliphatic rings. The lowest BCUT2D eigenvalue weighted by Gasteiger charge is -2.52. The van der Waals surface area contributed by atoms with E-state index in [0.717, 1.165) is 42.8 Å². The fraction of sp³-hybridized carbons (Fsp3) is 0.485. The van der Waals surface area contributed by atoms with Gasteiger partial charge in [-0.15, -0.1) is 0 Å². The van der Waals surface area contributed by atoms with Crippen LogP contribution in [0.5, 0.6) is 5.75 Å². The second-order valence-electron chi connectivity index (χ2n) is 11.8. The smallest absolute Gasteiger partial charge is 0.338 e. The molecule has 0 unspecified atom stereocenters. The third kappa shape index (κ3) is 5.49. The molecule has 6 rings (SSSR count). The minimum absolute atomic E-state index is 0.000981. The fourth-order valence-electron chi connectivity index (χ4n) is 7.49. The van der Waals surface area contributed by atoms with E-state index in [1.807, 2.05) is 12.1 Å². The first kappa shape index (κ1) is 29.2. The van der Waals surface area contributed by atoms with Crippen LogP contribution < -0.4 is 4.74 Å². The van der Waals surface area contributed by atoms with E-state index in [-0.39, 0.29) is 36.4 Å². The predicted molar refractivity (Wildman–Crippen MR) is 157 cm³/mol. The molecule has 0 amide bonds.